The van der Waals surface area contributed by atoms with E-state index in [1.54, 1.807) is 0 Å². The number of aliphatic hydroxyl groups excluding tert-OH is 1. The van der Waals surface area contributed by atoms with Crippen LogP contribution in [0.15, 0.2) is 24.3 Å². The summed E-state index contributed by atoms with van der Waals surface area (Å²) in [5.74, 6) is 0.821. The highest BCUT2D eigenvalue weighted by molar-refractivity contribution is 5.27. The number of rotatable bonds is 7. The van der Waals surface area contributed by atoms with Crippen LogP contribution in [0.5, 0.6) is 5.75 Å². The van der Waals surface area contributed by atoms with Gasteiger partial charge in [-0.1, -0.05) is 26.0 Å². The van der Waals surface area contributed by atoms with E-state index in [1.807, 2.05) is 24.3 Å². The maximum atomic E-state index is 9.00. The van der Waals surface area contributed by atoms with Crippen LogP contribution in [0.1, 0.15) is 32.3 Å². The first kappa shape index (κ1) is 14.0. The molecule has 0 aliphatic heterocycles. The highest BCUT2D eigenvalue weighted by atomic mass is 16.5. The number of benzene rings is 1. The van der Waals surface area contributed by atoms with E-state index in [0.29, 0.717) is 13.2 Å². The third-order valence-corrected chi connectivity index (χ3v) is 2.90. The Labute approximate surface area is 104 Å². The summed E-state index contributed by atoms with van der Waals surface area (Å²) in [6.45, 7) is 5.78. The van der Waals surface area contributed by atoms with Gasteiger partial charge in [0, 0.05) is 0 Å². The first-order chi connectivity index (χ1) is 8.07. The van der Waals surface area contributed by atoms with E-state index >= 15 is 0 Å². The van der Waals surface area contributed by atoms with Crippen LogP contribution in [0, 0.1) is 5.41 Å². The summed E-state index contributed by atoms with van der Waals surface area (Å²) < 4.78 is 5.64. The minimum absolute atomic E-state index is 0.0530. The normalized spacial score (nSPS) is 11.5. The molecule has 0 atom stereocenters. The van der Waals surface area contributed by atoms with Crippen LogP contribution in [0.4, 0.5) is 0 Å². The molecule has 0 bridgehead atoms. The van der Waals surface area contributed by atoms with Crippen LogP contribution in [0.25, 0.3) is 0 Å². The molecule has 0 unspecified atom stereocenters. The molecule has 96 valence electrons. The number of hydrogen-bond donors (Lipinski definition) is 2. The summed E-state index contributed by atoms with van der Waals surface area (Å²) >= 11 is 0. The van der Waals surface area contributed by atoms with E-state index in [4.69, 9.17) is 15.6 Å². The van der Waals surface area contributed by atoms with E-state index in [0.717, 1.165) is 24.2 Å². The molecule has 1 aromatic carbocycles. The van der Waals surface area contributed by atoms with Crippen molar-refractivity contribution in [2.45, 2.75) is 33.3 Å². The third kappa shape index (κ3) is 5.20. The zero-order valence-corrected chi connectivity index (χ0v) is 10.8. The summed E-state index contributed by atoms with van der Waals surface area (Å²) in [4.78, 5) is 0. The Balaban J connectivity index is 2.31. The largest absolute Gasteiger partial charge is 0.494 e. The van der Waals surface area contributed by atoms with Crippen LogP contribution in [0.3, 0.4) is 0 Å². The average Bonchev–Trinajstić information content (AvgIpc) is 2.35. The van der Waals surface area contributed by atoms with Gasteiger partial charge in [0.25, 0.3) is 0 Å². The molecule has 3 nitrogen and oxygen atoms in total. The van der Waals surface area contributed by atoms with E-state index in [2.05, 4.69) is 13.8 Å². The molecule has 17 heavy (non-hydrogen) atoms. The van der Waals surface area contributed by atoms with Crippen molar-refractivity contribution in [3.8, 4) is 5.75 Å². The fourth-order valence-electron chi connectivity index (χ4n) is 1.58. The second-order valence-electron chi connectivity index (χ2n) is 5.13. The Morgan fingerprint density at radius 1 is 1.35 bits per heavy atom. The smallest absolute Gasteiger partial charge is 0.119 e. The standard InChI is InChI=1S/C14H23NO2/c1-14(2,11-15)7-4-8-17-13-6-3-5-12(9-13)10-16/h3,5-6,9,16H,4,7-8,10-11,15H2,1-2H3. The van der Waals surface area contributed by atoms with Gasteiger partial charge in [0.2, 0.25) is 0 Å². The van der Waals surface area contributed by atoms with E-state index in [9.17, 15) is 0 Å². The molecule has 0 amide bonds. The van der Waals surface area contributed by atoms with Crippen molar-refractivity contribution in [1.29, 1.82) is 0 Å². The Hall–Kier alpha value is -1.06. The molecular weight excluding hydrogens is 214 g/mol. The van der Waals surface area contributed by atoms with Gasteiger partial charge >= 0.3 is 0 Å². The topological polar surface area (TPSA) is 55.5 Å². The highest BCUT2D eigenvalue weighted by Gasteiger charge is 2.14. The van der Waals surface area contributed by atoms with Gasteiger partial charge in [0.1, 0.15) is 5.75 Å². The SMILES string of the molecule is CC(C)(CN)CCCOc1cccc(CO)c1. The molecule has 1 rings (SSSR count). The summed E-state index contributed by atoms with van der Waals surface area (Å²) in [5, 5.41) is 9.00. The lowest BCUT2D eigenvalue weighted by molar-refractivity contribution is 0.258. The Kier molecular flexibility index (Phi) is 5.45. The molecule has 1 aromatic rings. The number of aliphatic hydroxyl groups is 1. The van der Waals surface area contributed by atoms with Gasteiger partial charge in [-0.15, -0.1) is 0 Å². The predicted octanol–water partition coefficient (Wildman–Crippen LogP) is 2.32. The minimum atomic E-state index is 0.0530. The van der Waals surface area contributed by atoms with Gasteiger partial charge in [0.15, 0.2) is 0 Å². The summed E-state index contributed by atoms with van der Waals surface area (Å²) in [7, 11) is 0. The van der Waals surface area contributed by atoms with Crippen molar-refractivity contribution in [2.24, 2.45) is 11.1 Å². The lowest BCUT2D eigenvalue weighted by atomic mass is 9.88. The number of ether oxygens (including phenoxy) is 1. The predicted molar refractivity (Wildman–Crippen MR) is 69.9 cm³/mol. The third-order valence-electron chi connectivity index (χ3n) is 2.90. The first-order valence-electron chi connectivity index (χ1n) is 6.10. The zero-order chi connectivity index (χ0) is 12.7. The van der Waals surface area contributed by atoms with Gasteiger partial charge in [-0.05, 0) is 42.5 Å². The number of nitrogens with two attached hydrogens (primary N) is 1. The molecule has 0 radical (unpaired) electrons. The molecule has 0 saturated heterocycles. The van der Waals surface area contributed by atoms with Gasteiger partial charge in [0.05, 0.1) is 13.2 Å². The lowest BCUT2D eigenvalue weighted by Gasteiger charge is -2.21. The maximum absolute atomic E-state index is 9.00. The molecular formula is C14H23NO2. The van der Waals surface area contributed by atoms with Crippen LogP contribution in [-0.4, -0.2) is 18.3 Å². The summed E-state index contributed by atoms with van der Waals surface area (Å²) in [6.07, 6.45) is 2.05. The van der Waals surface area contributed by atoms with Crippen LogP contribution in [0.2, 0.25) is 0 Å². The molecule has 0 fully saturated rings. The Morgan fingerprint density at radius 3 is 2.76 bits per heavy atom. The molecule has 0 aliphatic rings. The molecule has 3 heteroatoms. The maximum Gasteiger partial charge on any atom is 0.119 e. The fraction of sp³-hybridized carbons (Fsp3) is 0.571. The van der Waals surface area contributed by atoms with Gasteiger partial charge < -0.3 is 15.6 Å². The van der Waals surface area contributed by atoms with Crippen LogP contribution >= 0.6 is 0 Å². The van der Waals surface area contributed by atoms with Crippen molar-refractivity contribution < 1.29 is 9.84 Å². The Morgan fingerprint density at radius 2 is 2.12 bits per heavy atom. The monoisotopic (exact) mass is 237 g/mol. The second-order valence-corrected chi connectivity index (χ2v) is 5.13. The molecule has 3 N–H and O–H groups in total. The van der Waals surface area contributed by atoms with Crippen molar-refractivity contribution in [3.05, 3.63) is 29.8 Å². The van der Waals surface area contributed by atoms with Crippen molar-refractivity contribution >= 4 is 0 Å². The van der Waals surface area contributed by atoms with Gasteiger partial charge in [-0.25, -0.2) is 0 Å². The van der Waals surface area contributed by atoms with E-state index in [-0.39, 0.29) is 12.0 Å². The lowest BCUT2D eigenvalue weighted by Crippen LogP contribution is -2.23. The molecule has 0 aromatic heterocycles. The van der Waals surface area contributed by atoms with Crippen molar-refractivity contribution in [1.82, 2.24) is 0 Å². The first-order valence-corrected chi connectivity index (χ1v) is 6.10. The van der Waals surface area contributed by atoms with Crippen molar-refractivity contribution in [2.75, 3.05) is 13.2 Å². The average molecular weight is 237 g/mol. The van der Waals surface area contributed by atoms with E-state index < -0.39 is 0 Å². The summed E-state index contributed by atoms with van der Waals surface area (Å²) in [5.41, 5.74) is 6.74. The van der Waals surface area contributed by atoms with E-state index in [1.165, 1.54) is 0 Å². The molecule has 0 heterocycles. The highest BCUT2D eigenvalue weighted by Crippen LogP contribution is 2.20. The van der Waals surface area contributed by atoms with Crippen molar-refractivity contribution in [3.63, 3.8) is 0 Å². The molecule has 0 spiro atoms. The molecule has 0 aliphatic carbocycles. The van der Waals surface area contributed by atoms with Gasteiger partial charge in [-0.2, -0.15) is 0 Å². The summed E-state index contributed by atoms with van der Waals surface area (Å²) in [6, 6.07) is 7.55. The van der Waals surface area contributed by atoms with Crippen LogP contribution in [-0.2, 0) is 6.61 Å². The second kappa shape index (κ2) is 6.62. The Bertz CT molecular complexity index is 337. The van der Waals surface area contributed by atoms with Gasteiger partial charge in [-0.3, -0.25) is 0 Å². The minimum Gasteiger partial charge on any atom is -0.494 e. The quantitative estimate of drug-likeness (QED) is 0.716. The number of hydrogen-bond acceptors (Lipinski definition) is 3. The zero-order valence-electron chi connectivity index (χ0n) is 10.8. The van der Waals surface area contributed by atoms with Crippen LogP contribution < -0.4 is 10.5 Å². The fourth-order valence-corrected chi connectivity index (χ4v) is 1.58. The molecule has 0 saturated carbocycles.